The van der Waals surface area contributed by atoms with Crippen LogP contribution >= 0.6 is 24.0 Å². The molecule has 18 heavy (non-hydrogen) atoms. The summed E-state index contributed by atoms with van der Waals surface area (Å²) in [7, 11) is 1.91. The Kier molecular flexibility index (Phi) is 5.83. The van der Waals surface area contributed by atoms with Gasteiger partial charge in [0.2, 0.25) is 0 Å². The summed E-state index contributed by atoms with van der Waals surface area (Å²) in [4.78, 5) is 6.52. The van der Waals surface area contributed by atoms with Gasteiger partial charge in [-0.3, -0.25) is 0 Å². The first kappa shape index (κ1) is 15.2. The minimum atomic E-state index is 0. The third-order valence-corrected chi connectivity index (χ3v) is 3.30. The summed E-state index contributed by atoms with van der Waals surface area (Å²) >= 11 is 0. The predicted molar refractivity (Wildman–Crippen MR) is 81.7 cm³/mol. The summed E-state index contributed by atoms with van der Waals surface area (Å²) in [5.41, 5.74) is 5.98. The molecular formula is C11H21IN6. The molecule has 2 rings (SSSR count). The SMILES string of the molecule is CC1CCN(C(N)=NCc2nncn2C)CC1.I. The van der Waals surface area contributed by atoms with Gasteiger partial charge >= 0.3 is 0 Å². The van der Waals surface area contributed by atoms with Crippen molar-refractivity contribution in [2.45, 2.75) is 26.3 Å². The van der Waals surface area contributed by atoms with Crippen LogP contribution in [0.5, 0.6) is 0 Å². The molecule has 0 radical (unpaired) electrons. The second-order valence-corrected chi connectivity index (χ2v) is 4.70. The zero-order chi connectivity index (χ0) is 12.3. The van der Waals surface area contributed by atoms with Crippen LogP contribution in [0.15, 0.2) is 11.3 Å². The monoisotopic (exact) mass is 364 g/mol. The van der Waals surface area contributed by atoms with Crippen molar-refractivity contribution in [1.29, 1.82) is 0 Å². The lowest BCUT2D eigenvalue weighted by Gasteiger charge is -2.30. The van der Waals surface area contributed by atoms with Gasteiger partial charge in [0.1, 0.15) is 12.9 Å². The summed E-state index contributed by atoms with van der Waals surface area (Å²) in [6.07, 6.45) is 4.06. The minimum Gasteiger partial charge on any atom is -0.370 e. The first-order valence-corrected chi connectivity index (χ1v) is 6.04. The van der Waals surface area contributed by atoms with Crippen molar-refractivity contribution in [3.05, 3.63) is 12.2 Å². The molecular weight excluding hydrogens is 343 g/mol. The second-order valence-electron chi connectivity index (χ2n) is 4.70. The number of aromatic nitrogens is 3. The number of halogens is 1. The highest BCUT2D eigenvalue weighted by Crippen LogP contribution is 2.15. The van der Waals surface area contributed by atoms with E-state index in [-0.39, 0.29) is 24.0 Å². The number of guanidine groups is 1. The molecule has 102 valence electrons. The lowest BCUT2D eigenvalue weighted by atomic mass is 10.00. The van der Waals surface area contributed by atoms with Crippen molar-refractivity contribution < 1.29 is 0 Å². The van der Waals surface area contributed by atoms with E-state index < -0.39 is 0 Å². The van der Waals surface area contributed by atoms with Crippen LogP contribution < -0.4 is 5.73 Å². The van der Waals surface area contributed by atoms with E-state index in [9.17, 15) is 0 Å². The highest BCUT2D eigenvalue weighted by molar-refractivity contribution is 14.0. The Morgan fingerprint density at radius 2 is 2.17 bits per heavy atom. The Balaban J connectivity index is 0.00000162. The molecule has 7 heteroatoms. The quantitative estimate of drug-likeness (QED) is 0.483. The van der Waals surface area contributed by atoms with Crippen LogP contribution in [0.25, 0.3) is 0 Å². The Hall–Kier alpha value is -0.860. The molecule has 0 unspecified atom stereocenters. The molecule has 1 aliphatic rings. The van der Waals surface area contributed by atoms with E-state index in [1.54, 1.807) is 6.33 Å². The Bertz CT molecular complexity index is 394. The molecule has 0 aliphatic carbocycles. The van der Waals surface area contributed by atoms with Crippen LogP contribution in [-0.4, -0.2) is 38.7 Å². The van der Waals surface area contributed by atoms with E-state index >= 15 is 0 Å². The van der Waals surface area contributed by atoms with Gasteiger partial charge in [-0.05, 0) is 18.8 Å². The van der Waals surface area contributed by atoms with Gasteiger partial charge in [-0.2, -0.15) is 0 Å². The number of likely N-dealkylation sites (tertiary alicyclic amines) is 1. The van der Waals surface area contributed by atoms with Gasteiger partial charge in [0.05, 0.1) is 0 Å². The molecule has 1 aromatic heterocycles. The lowest BCUT2D eigenvalue weighted by Crippen LogP contribution is -2.42. The average Bonchev–Trinajstić information content (AvgIpc) is 2.73. The number of hydrogen-bond donors (Lipinski definition) is 1. The molecule has 0 atom stereocenters. The molecule has 0 bridgehead atoms. The van der Waals surface area contributed by atoms with Gasteiger partial charge in [-0.25, -0.2) is 4.99 Å². The Morgan fingerprint density at radius 1 is 1.50 bits per heavy atom. The third kappa shape index (κ3) is 3.82. The van der Waals surface area contributed by atoms with E-state index in [0.29, 0.717) is 12.5 Å². The van der Waals surface area contributed by atoms with E-state index in [0.717, 1.165) is 24.8 Å². The lowest BCUT2D eigenvalue weighted by molar-refractivity contribution is 0.277. The Labute approximate surface area is 125 Å². The number of aliphatic imine (C=N–C) groups is 1. The fourth-order valence-corrected chi connectivity index (χ4v) is 1.94. The van der Waals surface area contributed by atoms with Crippen LogP contribution in [0.1, 0.15) is 25.6 Å². The van der Waals surface area contributed by atoms with Crippen LogP contribution in [0.2, 0.25) is 0 Å². The average molecular weight is 364 g/mol. The molecule has 2 heterocycles. The zero-order valence-electron chi connectivity index (χ0n) is 10.9. The first-order chi connectivity index (χ1) is 8.16. The maximum absolute atomic E-state index is 5.98. The number of aryl methyl sites for hydroxylation is 1. The molecule has 0 saturated carbocycles. The molecule has 0 aromatic carbocycles. The molecule has 1 aromatic rings. The van der Waals surface area contributed by atoms with E-state index in [1.165, 1.54) is 12.8 Å². The fourth-order valence-electron chi connectivity index (χ4n) is 1.94. The number of nitrogens with two attached hydrogens (primary N) is 1. The van der Waals surface area contributed by atoms with Gasteiger partial charge < -0.3 is 15.2 Å². The van der Waals surface area contributed by atoms with Crippen molar-refractivity contribution in [3.63, 3.8) is 0 Å². The number of piperidine rings is 1. The van der Waals surface area contributed by atoms with E-state index in [2.05, 4.69) is 27.0 Å². The number of nitrogens with zero attached hydrogens (tertiary/aromatic N) is 5. The molecule has 2 N–H and O–H groups in total. The van der Waals surface area contributed by atoms with Crippen LogP contribution in [0.3, 0.4) is 0 Å². The molecule has 0 amide bonds. The standard InChI is InChI=1S/C11H20N6.HI/c1-9-3-5-17(6-4-9)11(12)13-7-10-15-14-8-16(10)2;/h8-9H,3-7H2,1-2H3,(H2,12,13);1H. The van der Waals surface area contributed by atoms with E-state index in [4.69, 9.17) is 5.73 Å². The number of hydrogen-bond acceptors (Lipinski definition) is 3. The highest BCUT2D eigenvalue weighted by Gasteiger charge is 2.16. The van der Waals surface area contributed by atoms with Crippen molar-refractivity contribution in [2.75, 3.05) is 13.1 Å². The summed E-state index contributed by atoms with van der Waals surface area (Å²) in [6.45, 7) is 4.79. The van der Waals surface area contributed by atoms with Crippen LogP contribution in [0.4, 0.5) is 0 Å². The number of rotatable bonds is 2. The molecule has 6 nitrogen and oxygen atoms in total. The predicted octanol–water partition coefficient (Wildman–Crippen LogP) is 0.980. The topological polar surface area (TPSA) is 72.3 Å². The maximum Gasteiger partial charge on any atom is 0.191 e. The summed E-state index contributed by atoms with van der Waals surface area (Å²) < 4.78 is 1.86. The normalized spacial score (nSPS) is 17.7. The van der Waals surface area contributed by atoms with E-state index in [1.807, 2.05) is 11.6 Å². The summed E-state index contributed by atoms with van der Waals surface area (Å²) in [6, 6.07) is 0. The van der Waals surface area contributed by atoms with Gasteiger partial charge in [0.25, 0.3) is 0 Å². The smallest absolute Gasteiger partial charge is 0.191 e. The summed E-state index contributed by atoms with van der Waals surface area (Å²) in [5, 5.41) is 7.79. The van der Waals surface area contributed by atoms with Crippen molar-refractivity contribution >= 4 is 29.9 Å². The van der Waals surface area contributed by atoms with Crippen molar-refractivity contribution in [1.82, 2.24) is 19.7 Å². The maximum atomic E-state index is 5.98. The largest absolute Gasteiger partial charge is 0.370 e. The fraction of sp³-hybridized carbons (Fsp3) is 0.727. The van der Waals surface area contributed by atoms with Gasteiger partial charge in [-0.15, -0.1) is 34.2 Å². The first-order valence-electron chi connectivity index (χ1n) is 6.04. The van der Waals surface area contributed by atoms with Crippen molar-refractivity contribution in [3.8, 4) is 0 Å². The van der Waals surface area contributed by atoms with Gasteiger partial charge in [0, 0.05) is 20.1 Å². The molecule has 1 aliphatic heterocycles. The second kappa shape index (κ2) is 6.91. The van der Waals surface area contributed by atoms with Gasteiger partial charge in [0.15, 0.2) is 11.8 Å². The van der Waals surface area contributed by atoms with Crippen LogP contribution in [-0.2, 0) is 13.6 Å². The molecule has 0 spiro atoms. The van der Waals surface area contributed by atoms with Crippen LogP contribution in [0, 0.1) is 5.92 Å². The summed E-state index contributed by atoms with van der Waals surface area (Å²) in [5.74, 6) is 2.26. The van der Waals surface area contributed by atoms with Crippen molar-refractivity contribution in [2.24, 2.45) is 23.7 Å². The minimum absolute atomic E-state index is 0. The highest BCUT2D eigenvalue weighted by atomic mass is 127. The molecule has 1 saturated heterocycles. The zero-order valence-corrected chi connectivity index (χ0v) is 13.2. The molecule has 1 fully saturated rings. The van der Waals surface area contributed by atoms with Gasteiger partial charge in [-0.1, -0.05) is 6.92 Å². The Morgan fingerprint density at radius 3 is 2.72 bits per heavy atom. The third-order valence-electron chi connectivity index (χ3n) is 3.30.